The van der Waals surface area contributed by atoms with Gasteiger partial charge in [-0.1, -0.05) is 19.9 Å². The molecule has 0 saturated heterocycles. The molecule has 5 atom stereocenters. The smallest absolute Gasteiger partial charge is 0.312 e. The third-order valence-corrected chi connectivity index (χ3v) is 7.55. The van der Waals surface area contributed by atoms with Crippen LogP contribution in [0, 0.1) is 28.6 Å². The molecule has 0 aromatic carbocycles. The fourth-order valence-electron chi connectivity index (χ4n) is 6.31. The van der Waals surface area contributed by atoms with Crippen molar-refractivity contribution in [2.75, 3.05) is 6.61 Å². The summed E-state index contributed by atoms with van der Waals surface area (Å²) in [7, 11) is 0. The minimum absolute atomic E-state index is 0.0202. The highest BCUT2D eigenvalue weighted by Gasteiger charge is 2.61. The number of carboxylic acids is 1. The fraction of sp³-hybridized carbons (Fsp3) is 0.650. The molecule has 2 saturated carbocycles. The lowest BCUT2D eigenvalue weighted by Crippen LogP contribution is -2.58. The van der Waals surface area contributed by atoms with Crippen LogP contribution in [0.3, 0.4) is 0 Å². The zero-order valence-corrected chi connectivity index (χ0v) is 14.3. The molecule has 2 fully saturated rings. The van der Waals surface area contributed by atoms with Gasteiger partial charge in [-0.25, -0.2) is 0 Å². The first-order chi connectivity index (χ1) is 11.4. The number of aliphatic hydroxyl groups excluding tert-OH is 1. The Morgan fingerprint density at radius 2 is 2.21 bits per heavy atom. The van der Waals surface area contributed by atoms with Crippen LogP contribution in [0.4, 0.5) is 0 Å². The molecular weight excluding hydrogens is 304 g/mol. The van der Waals surface area contributed by atoms with Crippen LogP contribution in [0.5, 0.6) is 0 Å². The molecule has 4 heteroatoms. The van der Waals surface area contributed by atoms with Crippen LogP contribution in [0.15, 0.2) is 23.3 Å². The van der Waals surface area contributed by atoms with Crippen molar-refractivity contribution in [1.82, 2.24) is 0 Å². The van der Waals surface area contributed by atoms with Gasteiger partial charge < -0.3 is 14.6 Å². The summed E-state index contributed by atoms with van der Waals surface area (Å²) in [5, 5.41) is 19.9. The number of fused-ring (bicyclic) bond motifs is 4. The van der Waals surface area contributed by atoms with E-state index < -0.39 is 11.4 Å². The van der Waals surface area contributed by atoms with Gasteiger partial charge in [0.05, 0.1) is 18.3 Å². The molecule has 0 radical (unpaired) electrons. The summed E-state index contributed by atoms with van der Waals surface area (Å²) in [6.45, 7) is 6.34. The number of furan rings is 1. The highest BCUT2D eigenvalue weighted by Crippen LogP contribution is 2.64. The predicted octanol–water partition coefficient (Wildman–Crippen LogP) is 3.74. The number of allylic oxidation sites excluding steroid dienone is 1. The van der Waals surface area contributed by atoms with Crippen molar-refractivity contribution in [1.29, 1.82) is 0 Å². The molecule has 1 aromatic heterocycles. The molecule has 3 aliphatic carbocycles. The Bertz CT molecular complexity index is 690. The third-order valence-electron chi connectivity index (χ3n) is 7.55. The molecule has 0 aliphatic heterocycles. The Hall–Kier alpha value is -1.55. The first kappa shape index (κ1) is 15.9. The Morgan fingerprint density at radius 1 is 1.42 bits per heavy atom. The van der Waals surface area contributed by atoms with E-state index in [1.807, 2.05) is 6.07 Å². The van der Waals surface area contributed by atoms with Gasteiger partial charge in [-0.15, -0.1) is 0 Å². The fourth-order valence-corrected chi connectivity index (χ4v) is 6.31. The highest BCUT2D eigenvalue weighted by atomic mass is 16.4. The first-order valence-corrected chi connectivity index (χ1v) is 9.04. The number of carbonyl (C=O) groups is 1. The summed E-state index contributed by atoms with van der Waals surface area (Å²) in [6.07, 6.45) is 6.89. The minimum Gasteiger partial charge on any atom is -0.481 e. The van der Waals surface area contributed by atoms with Crippen LogP contribution in [0.2, 0.25) is 0 Å². The van der Waals surface area contributed by atoms with E-state index in [1.54, 1.807) is 6.26 Å². The van der Waals surface area contributed by atoms with Crippen molar-refractivity contribution in [2.45, 2.75) is 45.4 Å². The summed E-state index contributed by atoms with van der Waals surface area (Å²) < 4.78 is 5.70. The third kappa shape index (κ3) is 1.86. The van der Waals surface area contributed by atoms with Crippen LogP contribution >= 0.6 is 0 Å². The van der Waals surface area contributed by atoms with E-state index in [1.165, 1.54) is 0 Å². The van der Waals surface area contributed by atoms with Gasteiger partial charge in [0, 0.05) is 12.0 Å². The lowest BCUT2D eigenvalue weighted by atomic mass is 9.43. The van der Waals surface area contributed by atoms with Gasteiger partial charge in [-0.3, -0.25) is 4.79 Å². The number of rotatable bonds is 2. The van der Waals surface area contributed by atoms with Crippen molar-refractivity contribution in [3.8, 4) is 0 Å². The van der Waals surface area contributed by atoms with E-state index in [4.69, 9.17) is 4.42 Å². The van der Waals surface area contributed by atoms with Crippen LogP contribution in [-0.2, 0) is 11.2 Å². The zero-order chi connectivity index (χ0) is 17.1. The lowest BCUT2D eigenvalue weighted by molar-refractivity contribution is -0.177. The molecule has 130 valence electrons. The molecule has 0 spiro atoms. The standard InChI is InChI=1S/C20H26O4/c1-12-13-4-5-17-19(2,7-3-8-20(17,11-21)18(22)23)15(13)10-16-14(12)6-9-24-16/h6,9,13,15,17,21H,1,3-5,7-8,10-11H2,2H3,(H,22,23). The second-order valence-electron chi connectivity index (χ2n) is 8.31. The van der Waals surface area contributed by atoms with E-state index in [9.17, 15) is 15.0 Å². The molecule has 1 aromatic rings. The van der Waals surface area contributed by atoms with Gasteiger partial charge in [0.1, 0.15) is 5.76 Å². The van der Waals surface area contributed by atoms with Crippen LogP contribution in [0.25, 0.3) is 5.57 Å². The maximum atomic E-state index is 12.1. The van der Waals surface area contributed by atoms with Crippen molar-refractivity contribution >= 4 is 11.5 Å². The molecule has 4 nitrogen and oxygen atoms in total. The van der Waals surface area contributed by atoms with E-state index in [-0.39, 0.29) is 17.9 Å². The normalized spacial score (nSPS) is 41.2. The number of aliphatic hydroxyl groups is 1. The molecule has 3 aliphatic rings. The average Bonchev–Trinajstić information content (AvgIpc) is 3.03. The number of carboxylic acid groups (broad SMARTS) is 1. The molecule has 0 bridgehead atoms. The Morgan fingerprint density at radius 3 is 2.92 bits per heavy atom. The lowest BCUT2D eigenvalue weighted by Gasteiger charge is -2.60. The Labute approximate surface area is 142 Å². The molecule has 5 unspecified atom stereocenters. The van der Waals surface area contributed by atoms with Gasteiger partial charge in [-0.05, 0) is 60.5 Å². The molecule has 0 amide bonds. The van der Waals surface area contributed by atoms with Crippen molar-refractivity contribution in [3.05, 3.63) is 30.2 Å². The summed E-state index contributed by atoms with van der Waals surface area (Å²) in [5.74, 6) is 0.950. The Balaban J connectivity index is 1.78. The second kappa shape index (κ2) is 5.22. The molecule has 1 heterocycles. The van der Waals surface area contributed by atoms with Gasteiger partial charge in [0.2, 0.25) is 0 Å². The summed E-state index contributed by atoms with van der Waals surface area (Å²) >= 11 is 0. The Kier molecular flexibility index (Phi) is 3.47. The van der Waals surface area contributed by atoms with Crippen LogP contribution in [0.1, 0.15) is 50.4 Å². The van der Waals surface area contributed by atoms with Crippen LogP contribution < -0.4 is 0 Å². The van der Waals surface area contributed by atoms with Gasteiger partial charge >= 0.3 is 5.97 Å². The first-order valence-electron chi connectivity index (χ1n) is 9.04. The quantitative estimate of drug-likeness (QED) is 0.866. The van der Waals surface area contributed by atoms with Gasteiger partial charge in [0.15, 0.2) is 0 Å². The number of hydrogen-bond acceptors (Lipinski definition) is 3. The number of aliphatic carboxylic acids is 1. The van der Waals surface area contributed by atoms with E-state index in [0.29, 0.717) is 18.3 Å². The average molecular weight is 330 g/mol. The summed E-state index contributed by atoms with van der Waals surface area (Å²) in [5.41, 5.74) is 1.24. The largest absolute Gasteiger partial charge is 0.481 e. The van der Waals surface area contributed by atoms with Crippen LogP contribution in [-0.4, -0.2) is 22.8 Å². The highest BCUT2D eigenvalue weighted by molar-refractivity contribution is 5.76. The van der Waals surface area contributed by atoms with Gasteiger partial charge in [0.25, 0.3) is 0 Å². The summed E-state index contributed by atoms with van der Waals surface area (Å²) in [4.78, 5) is 12.1. The predicted molar refractivity (Wildman–Crippen MR) is 90.3 cm³/mol. The SMILES string of the molecule is C=C1c2ccoc2CC2C1CCC1C(CO)(C(=O)O)CCCC21C. The van der Waals surface area contributed by atoms with E-state index in [2.05, 4.69) is 13.5 Å². The molecular formula is C20H26O4. The zero-order valence-electron chi connectivity index (χ0n) is 14.3. The molecule has 2 N–H and O–H groups in total. The van der Waals surface area contributed by atoms with Gasteiger partial charge in [-0.2, -0.15) is 0 Å². The molecule has 4 rings (SSSR count). The maximum Gasteiger partial charge on any atom is 0.312 e. The number of hydrogen-bond donors (Lipinski definition) is 2. The molecule has 24 heavy (non-hydrogen) atoms. The van der Waals surface area contributed by atoms with E-state index >= 15 is 0 Å². The second-order valence-corrected chi connectivity index (χ2v) is 8.31. The topological polar surface area (TPSA) is 70.7 Å². The maximum absolute atomic E-state index is 12.1. The van der Waals surface area contributed by atoms with E-state index in [0.717, 1.165) is 49.0 Å². The minimum atomic E-state index is -0.983. The summed E-state index contributed by atoms with van der Waals surface area (Å²) in [6, 6.07) is 2.01. The van der Waals surface area contributed by atoms with Crippen molar-refractivity contribution in [3.63, 3.8) is 0 Å². The monoisotopic (exact) mass is 330 g/mol. The van der Waals surface area contributed by atoms with Crippen molar-refractivity contribution < 1.29 is 19.4 Å². The van der Waals surface area contributed by atoms with Crippen molar-refractivity contribution in [2.24, 2.45) is 28.6 Å².